The van der Waals surface area contributed by atoms with Gasteiger partial charge in [0.1, 0.15) is 5.82 Å². The summed E-state index contributed by atoms with van der Waals surface area (Å²) in [6, 6.07) is 15.9. The van der Waals surface area contributed by atoms with Gasteiger partial charge in [0.15, 0.2) is 11.5 Å². The molecular formula is C25H26N6O4. The molecule has 0 unspecified atom stereocenters. The maximum atomic E-state index is 13.7. The highest BCUT2D eigenvalue weighted by Crippen LogP contribution is 2.24. The molecule has 0 aliphatic heterocycles. The number of hydrogen-bond donors (Lipinski definition) is 2. The van der Waals surface area contributed by atoms with Gasteiger partial charge in [0.05, 0.1) is 6.54 Å². The third-order valence-corrected chi connectivity index (χ3v) is 5.55. The molecule has 2 heterocycles. The second kappa shape index (κ2) is 10.2. The Morgan fingerprint density at radius 2 is 1.83 bits per heavy atom. The van der Waals surface area contributed by atoms with Crippen LogP contribution in [-0.2, 0) is 13.1 Å². The molecule has 0 fully saturated rings. The molecule has 0 aliphatic rings. The SMILES string of the molecule is CCCCn1c(N)c(N(Cc2ccccc2)C(=O)c2ccc(-c3nc(C)no3)cc2)c(=O)[nH]c1=O. The fourth-order valence-electron chi connectivity index (χ4n) is 3.72. The number of nitrogens with two attached hydrogens (primary N) is 1. The van der Waals surface area contributed by atoms with Gasteiger partial charge >= 0.3 is 5.69 Å². The van der Waals surface area contributed by atoms with Crippen LogP contribution in [0.25, 0.3) is 11.5 Å². The summed E-state index contributed by atoms with van der Waals surface area (Å²) >= 11 is 0. The lowest BCUT2D eigenvalue weighted by atomic mass is 10.1. The van der Waals surface area contributed by atoms with E-state index in [-0.39, 0.29) is 18.1 Å². The van der Waals surface area contributed by atoms with Gasteiger partial charge in [0, 0.05) is 17.7 Å². The van der Waals surface area contributed by atoms with Crippen molar-refractivity contribution in [1.82, 2.24) is 19.7 Å². The van der Waals surface area contributed by atoms with E-state index in [4.69, 9.17) is 10.3 Å². The molecule has 180 valence electrons. The van der Waals surface area contributed by atoms with Crippen molar-refractivity contribution in [3.8, 4) is 11.5 Å². The molecule has 2 aromatic heterocycles. The molecule has 0 spiro atoms. The maximum absolute atomic E-state index is 13.7. The highest BCUT2D eigenvalue weighted by molar-refractivity contribution is 6.07. The molecule has 0 saturated heterocycles. The van der Waals surface area contributed by atoms with Crippen LogP contribution in [0.2, 0.25) is 0 Å². The Labute approximate surface area is 201 Å². The molecule has 0 bridgehead atoms. The zero-order valence-corrected chi connectivity index (χ0v) is 19.5. The van der Waals surface area contributed by atoms with Crippen LogP contribution < -0.4 is 21.9 Å². The summed E-state index contributed by atoms with van der Waals surface area (Å²) in [5.74, 6) is 0.350. The van der Waals surface area contributed by atoms with Crippen LogP contribution >= 0.6 is 0 Å². The average Bonchev–Trinajstić information content (AvgIpc) is 3.29. The first-order valence-electron chi connectivity index (χ1n) is 11.3. The number of H-pyrrole nitrogens is 1. The van der Waals surface area contributed by atoms with Crippen LogP contribution in [0.5, 0.6) is 0 Å². The van der Waals surface area contributed by atoms with Crippen LogP contribution in [0.1, 0.15) is 41.5 Å². The van der Waals surface area contributed by atoms with Gasteiger partial charge in [-0.05, 0) is 43.2 Å². The van der Waals surface area contributed by atoms with Gasteiger partial charge in [-0.1, -0.05) is 48.8 Å². The van der Waals surface area contributed by atoms with E-state index in [1.807, 2.05) is 37.3 Å². The summed E-state index contributed by atoms with van der Waals surface area (Å²) in [4.78, 5) is 46.8. The number of unbranched alkanes of at least 4 members (excludes halogenated alkanes) is 1. The molecule has 4 rings (SSSR count). The number of amides is 1. The molecule has 10 heteroatoms. The summed E-state index contributed by atoms with van der Waals surface area (Å²) in [5, 5.41) is 3.78. The lowest BCUT2D eigenvalue weighted by Gasteiger charge is -2.25. The van der Waals surface area contributed by atoms with Crippen molar-refractivity contribution in [1.29, 1.82) is 0 Å². The number of nitrogens with one attached hydrogen (secondary N) is 1. The molecule has 0 saturated carbocycles. The van der Waals surface area contributed by atoms with Crippen LogP contribution in [0.15, 0.2) is 68.7 Å². The molecule has 2 aromatic carbocycles. The van der Waals surface area contributed by atoms with Gasteiger partial charge in [-0.15, -0.1) is 0 Å². The topological polar surface area (TPSA) is 140 Å². The van der Waals surface area contributed by atoms with E-state index in [9.17, 15) is 14.4 Å². The third kappa shape index (κ3) is 5.06. The first-order valence-corrected chi connectivity index (χ1v) is 11.3. The van der Waals surface area contributed by atoms with E-state index in [0.29, 0.717) is 35.8 Å². The number of aryl methyl sites for hydroxylation is 1. The van der Waals surface area contributed by atoms with E-state index in [0.717, 1.165) is 12.0 Å². The minimum Gasteiger partial charge on any atom is -0.383 e. The number of anilines is 2. The van der Waals surface area contributed by atoms with Gasteiger partial charge in [-0.3, -0.25) is 24.0 Å². The number of hydrogen-bond acceptors (Lipinski definition) is 7. The van der Waals surface area contributed by atoms with Gasteiger partial charge in [-0.2, -0.15) is 4.98 Å². The first-order chi connectivity index (χ1) is 16.9. The maximum Gasteiger partial charge on any atom is 0.330 e. The zero-order valence-electron chi connectivity index (χ0n) is 19.5. The lowest BCUT2D eigenvalue weighted by Crippen LogP contribution is -2.41. The summed E-state index contributed by atoms with van der Waals surface area (Å²) < 4.78 is 6.48. The minimum atomic E-state index is -0.720. The number of carbonyl (C=O) groups is 1. The van der Waals surface area contributed by atoms with Crippen molar-refractivity contribution in [2.75, 3.05) is 10.6 Å². The predicted octanol–water partition coefficient (Wildman–Crippen LogP) is 3.12. The van der Waals surface area contributed by atoms with E-state index >= 15 is 0 Å². The molecule has 4 aromatic rings. The molecule has 35 heavy (non-hydrogen) atoms. The summed E-state index contributed by atoms with van der Waals surface area (Å²) in [5.41, 5.74) is 6.71. The van der Waals surface area contributed by atoms with Gasteiger partial charge in [0.25, 0.3) is 17.4 Å². The van der Waals surface area contributed by atoms with Gasteiger partial charge in [-0.25, -0.2) is 4.79 Å². The predicted molar refractivity (Wildman–Crippen MR) is 132 cm³/mol. The van der Waals surface area contributed by atoms with Gasteiger partial charge in [0.2, 0.25) is 0 Å². The number of nitrogens with zero attached hydrogens (tertiary/aromatic N) is 4. The van der Waals surface area contributed by atoms with Crippen molar-refractivity contribution in [3.63, 3.8) is 0 Å². The highest BCUT2D eigenvalue weighted by Gasteiger charge is 2.26. The second-order valence-corrected chi connectivity index (χ2v) is 8.10. The fourth-order valence-corrected chi connectivity index (χ4v) is 3.72. The van der Waals surface area contributed by atoms with Crippen molar-refractivity contribution >= 4 is 17.4 Å². The van der Waals surface area contributed by atoms with Crippen molar-refractivity contribution in [2.45, 2.75) is 39.8 Å². The zero-order chi connectivity index (χ0) is 24.9. The summed E-state index contributed by atoms with van der Waals surface area (Å²) in [6.07, 6.45) is 1.53. The number of nitrogen functional groups attached to an aromatic ring is 1. The summed E-state index contributed by atoms with van der Waals surface area (Å²) in [6.45, 7) is 4.12. The van der Waals surface area contributed by atoms with Crippen molar-refractivity contribution < 1.29 is 9.32 Å². The molecule has 0 atom stereocenters. The number of rotatable bonds is 8. The Kier molecular flexibility index (Phi) is 6.91. The van der Waals surface area contributed by atoms with E-state index in [2.05, 4.69) is 15.1 Å². The number of benzene rings is 2. The van der Waals surface area contributed by atoms with Crippen LogP contribution in [0.3, 0.4) is 0 Å². The number of aromatic nitrogens is 4. The Morgan fingerprint density at radius 3 is 2.46 bits per heavy atom. The van der Waals surface area contributed by atoms with Gasteiger partial charge < -0.3 is 10.3 Å². The number of aromatic amines is 1. The quantitative estimate of drug-likeness (QED) is 0.400. The molecule has 0 aliphatic carbocycles. The molecular weight excluding hydrogens is 448 g/mol. The Balaban J connectivity index is 1.77. The smallest absolute Gasteiger partial charge is 0.330 e. The van der Waals surface area contributed by atoms with Crippen LogP contribution in [0.4, 0.5) is 11.5 Å². The molecule has 0 radical (unpaired) electrons. The minimum absolute atomic E-state index is 0.0468. The molecule has 10 nitrogen and oxygen atoms in total. The molecule has 1 amide bonds. The Hall–Kier alpha value is -4.47. The van der Waals surface area contributed by atoms with E-state index in [1.54, 1.807) is 31.2 Å². The van der Waals surface area contributed by atoms with Crippen molar-refractivity contribution in [2.24, 2.45) is 0 Å². The summed E-state index contributed by atoms with van der Waals surface area (Å²) in [7, 11) is 0. The fraction of sp³-hybridized carbons (Fsp3) is 0.240. The highest BCUT2D eigenvalue weighted by atomic mass is 16.5. The first kappa shape index (κ1) is 23.7. The Morgan fingerprint density at radius 1 is 1.11 bits per heavy atom. The third-order valence-electron chi connectivity index (χ3n) is 5.55. The average molecular weight is 475 g/mol. The van der Waals surface area contributed by atoms with Crippen LogP contribution in [-0.4, -0.2) is 25.6 Å². The van der Waals surface area contributed by atoms with Crippen molar-refractivity contribution in [3.05, 3.63) is 92.4 Å². The van der Waals surface area contributed by atoms with E-state index in [1.165, 1.54) is 9.47 Å². The standard InChI is InChI=1S/C25H26N6O4/c1-3-4-14-30-21(26)20(22(32)28-25(30)34)31(15-17-8-6-5-7-9-17)24(33)19-12-10-18(11-13-19)23-27-16(2)29-35-23/h5-13H,3-4,14-15,26H2,1-2H3,(H,28,32,34). The Bertz CT molecular complexity index is 1440. The normalized spacial score (nSPS) is 10.9. The van der Waals surface area contributed by atoms with Crippen LogP contribution in [0, 0.1) is 6.92 Å². The largest absolute Gasteiger partial charge is 0.383 e. The molecule has 3 N–H and O–H groups in total. The monoisotopic (exact) mass is 474 g/mol. The lowest BCUT2D eigenvalue weighted by molar-refractivity contribution is 0.0984. The van der Waals surface area contributed by atoms with E-state index < -0.39 is 17.2 Å². The number of carbonyl (C=O) groups excluding carboxylic acids is 1. The second-order valence-electron chi connectivity index (χ2n) is 8.10.